The van der Waals surface area contributed by atoms with Gasteiger partial charge in [-0.3, -0.25) is 15.0 Å². The molecule has 0 radical (unpaired) electrons. The van der Waals surface area contributed by atoms with E-state index in [0.717, 1.165) is 120 Å². The number of benzene rings is 6. The Morgan fingerprint density at radius 1 is 0.478 bits per heavy atom. The van der Waals surface area contributed by atoms with Gasteiger partial charge in [-0.25, -0.2) is 0 Å². The molecule has 0 fully saturated rings. The van der Waals surface area contributed by atoms with Crippen LogP contribution in [0, 0.1) is 0 Å². The smallest absolute Gasteiger partial charge is 0.128 e. The van der Waals surface area contributed by atoms with Crippen molar-refractivity contribution in [2.45, 2.75) is 59.3 Å². The Balaban J connectivity index is 0.00000185. The second kappa shape index (κ2) is 18.9. The Morgan fingerprint density at radius 2 is 0.985 bits per heavy atom. The van der Waals surface area contributed by atoms with E-state index in [1.165, 1.54) is 5.56 Å². The molecular formula is C60H56N6O. The van der Waals surface area contributed by atoms with Gasteiger partial charge in [-0.15, -0.1) is 0 Å². The number of ether oxygens (including phenoxy) is 1. The first kappa shape index (κ1) is 44.3. The SMILES string of the molecule is CC.CCCC(C)(CC)c1ccc(Oc2cc(-c3ccc(-n4c5ccccc5c5ncccc54)cc3)cc(-c3ccc(-n4c5ccccc5c5ncccc54)cc3)c2)cc1-c1ccccn1.N. The van der Waals surface area contributed by atoms with Crippen LogP contribution < -0.4 is 10.9 Å². The summed E-state index contributed by atoms with van der Waals surface area (Å²) in [4.78, 5) is 14.3. The molecule has 5 aromatic heterocycles. The van der Waals surface area contributed by atoms with Crippen molar-refractivity contribution >= 4 is 43.9 Å². The number of para-hydroxylation sites is 2. The molecule has 6 aromatic carbocycles. The Bertz CT molecular complexity index is 3200. The van der Waals surface area contributed by atoms with Crippen LogP contribution in [0.3, 0.4) is 0 Å². The molecule has 11 aromatic rings. The molecule has 0 saturated carbocycles. The first-order valence-electron chi connectivity index (χ1n) is 23.3. The first-order chi connectivity index (χ1) is 32.5. The maximum absolute atomic E-state index is 6.93. The predicted molar refractivity (Wildman–Crippen MR) is 280 cm³/mol. The number of hydrogen-bond donors (Lipinski definition) is 1. The summed E-state index contributed by atoms with van der Waals surface area (Å²) in [7, 11) is 0. The number of aromatic nitrogens is 5. The van der Waals surface area contributed by atoms with Crippen molar-refractivity contribution < 1.29 is 4.74 Å². The normalized spacial score (nSPS) is 12.1. The van der Waals surface area contributed by atoms with E-state index >= 15 is 0 Å². The fourth-order valence-corrected chi connectivity index (χ4v) is 9.76. The molecule has 1 atom stereocenters. The lowest BCUT2D eigenvalue weighted by Gasteiger charge is -2.31. The minimum absolute atomic E-state index is 0. The number of pyridine rings is 3. The third-order valence-electron chi connectivity index (χ3n) is 13.1. The number of rotatable bonds is 11. The molecular weight excluding hydrogens is 821 g/mol. The lowest BCUT2D eigenvalue weighted by atomic mass is 9.74. The summed E-state index contributed by atoms with van der Waals surface area (Å²) in [5.41, 5.74) is 16.3. The summed E-state index contributed by atoms with van der Waals surface area (Å²) >= 11 is 0. The van der Waals surface area contributed by atoms with Crippen molar-refractivity contribution in [3.05, 3.63) is 200 Å². The van der Waals surface area contributed by atoms with Gasteiger partial charge in [0.2, 0.25) is 0 Å². The molecule has 0 aliphatic rings. The van der Waals surface area contributed by atoms with E-state index in [-0.39, 0.29) is 11.6 Å². The van der Waals surface area contributed by atoms with Crippen LogP contribution in [0.1, 0.15) is 59.4 Å². The second-order valence-corrected chi connectivity index (χ2v) is 17.0. The molecule has 0 aliphatic heterocycles. The van der Waals surface area contributed by atoms with E-state index < -0.39 is 0 Å². The van der Waals surface area contributed by atoms with E-state index in [4.69, 9.17) is 19.7 Å². The summed E-state index contributed by atoms with van der Waals surface area (Å²) in [6, 6.07) is 62.2. The van der Waals surface area contributed by atoms with Crippen LogP contribution in [0.25, 0.3) is 88.8 Å². The second-order valence-electron chi connectivity index (χ2n) is 17.0. The van der Waals surface area contributed by atoms with Crippen molar-refractivity contribution in [3.8, 4) is 56.4 Å². The largest absolute Gasteiger partial charge is 0.457 e. The quantitative estimate of drug-likeness (QED) is 0.140. The predicted octanol–water partition coefficient (Wildman–Crippen LogP) is 16.5. The lowest BCUT2D eigenvalue weighted by molar-refractivity contribution is 0.413. The summed E-state index contributed by atoms with van der Waals surface area (Å²) in [5, 5.41) is 2.28. The van der Waals surface area contributed by atoms with Gasteiger partial charge in [-0.05, 0) is 149 Å². The van der Waals surface area contributed by atoms with Crippen molar-refractivity contribution in [2.75, 3.05) is 0 Å². The molecule has 1 unspecified atom stereocenters. The van der Waals surface area contributed by atoms with E-state index in [1.807, 2.05) is 50.6 Å². The fourth-order valence-electron chi connectivity index (χ4n) is 9.76. The fraction of sp³-hybridized carbons (Fsp3) is 0.150. The highest BCUT2D eigenvalue weighted by Crippen LogP contribution is 2.42. The average Bonchev–Trinajstić information content (AvgIpc) is 3.90. The monoisotopic (exact) mass is 876 g/mol. The minimum Gasteiger partial charge on any atom is -0.457 e. The van der Waals surface area contributed by atoms with E-state index in [0.29, 0.717) is 0 Å². The molecule has 67 heavy (non-hydrogen) atoms. The van der Waals surface area contributed by atoms with Crippen LogP contribution in [0.5, 0.6) is 11.5 Å². The Morgan fingerprint density at radius 3 is 1.49 bits per heavy atom. The van der Waals surface area contributed by atoms with Crippen molar-refractivity contribution in [1.29, 1.82) is 0 Å². The molecule has 0 saturated heterocycles. The van der Waals surface area contributed by atoms with Crippen LogP contribution in [0.2, 0.25) is 0 Å². The third kappa shape index (κ3) is 8.13. The van der Waals surface area contributed by atoms with Gasteiger partial charge in [0.1, 0.15) is 11.5 Å². The number of nitrogens with zero attached hydrogens (tertiary/aromatic N) is 5. The Hall–Kier alpha value is -7.87. The molecule has 11 rings (SSSR count). The zero-order chi connectivity index (χ0) is 45.2. The van der Waals surface area contributed by atoms with Crippen molar-refractivity contribution in [3.63, 3.8) is 0 Å². The molecule has 5 heterocycles. The molecule has 0 aliphatic carbocycles. The zero-order valence-corrected chi connectivity index (χ0v) is 38.9. The molecule has 0 amide bonds. The lowest BCUT2D eigenvalue weighted by Crippen LogP contribution is -2.21. The van der Waals surface area contributed by atoms with Gasteiger partial charge in [-0.1, -0.05) is 114 Å². The molecule has 7 heteroatoms. The summed E-state index contributed by atoms with van der Waals surface area (Å²) < 4.78 is 11.5. The van der Waals surface area contributed by atoms with E-state index in [2.05, 4.69) is 188 Å². The van der Waals surface area contributed by atoms with Crippen molar-refractivity contribution in [2.24, 2.45) is 0 Å². The highest BCUT2D eigenvalue weighted by molar-refractivity contribution is 6.08. The van der Waals surface area contributed by atoms with Gasteiger partial charge in [0, 0.05) is 46.3 Å². The van der Waals surface area contributed by atoms with E-state index in [1.54, 1.807) is 0 Å². The van der Waals surface area contributed by atoms with Gasteiger partial charge in [0.15, 0.2) is 0 Å². The Kier molecular flexibility index (Phi) is 12.5. The maximum atomic E-state index is 6.93. The van der Waals surface area contributed by atoms with Gasteiger partial charge in [-0.2, -0.15) is 0 Å². The molecule has 7 nitrogen and oxygen atoms in total. The first-order valence-corrected chi connectivity index (χ1v) is 23.3. The molecule has 332 valence electrons. The van der Waals surface area contributed by atoms with E-state index in [9.17, 15) is 0 Å². The minimum atomic E-state index is 0. The molecule has 0 bridgehead atoms. The van der Waals surface area contributed by atoms with Crippen LogP contribution >= 0.6 is 0 Å². The van der Waals surface area contributed by atoms with Crippen LogP contribution in [-0.2, 0) is 5.41 Å². The van der Waals surface area contributed by atoms with Crippen LogP contribution in [0.15, 0.2) is 195 Å². The van der Waals surface area contributed by atoms with Gasteiger partial charge < -0.3 is 20.0 Å². The third-order valence-corrected chi connectivity index (χ3v) is 13.1. The van der Waals surface area contributed by atoms with Crippen LogP contribution in [0.4, 0.5) is 0 Å². The van der Waals surface area contributed by atoms with Gasteiger partial charge in [0.05, 0.1) is 38.8 Å². The standard InChI is InChI=1S/C58H47N5O.C2H6.H3N/c1-4-31-58(3,5-2)50-30-29-45(38-49(50)51-16-10-11-32-59-51)64-46-36-41(39-21-25-43(26-22-39)62-52-17-8-6-14-47(52)56-54(62)19-12-33-60-56)35-42(37-46)40-23-27-44(28-24-40)63-53-18-9-7-15-48(53)57-55(63)20-13-34-61-57;1-2;/h6-30,32-38H,4-5,31H2,1-3H3;1-2H3;1H3. The average molecular weight is 877 g/mol. The zero-order valence-electron chi connectivity index (χ0n) is 38.9. The number of hydrogen-bond acceptors (Lipinski definition) is 5. The maximum Gasteiger partial charge on any atom is 0.128 e. The topological polar surface area (TPSA) is 92.8 Å². The van der Waals surface area contributed by atoms with Gasteiger partial charge >= 0.3 is 0 Å². The van der Waals surface area contributed by atoms with Crippen LogP contribution in [-0.4, -0.2) is 24.1 Å². The summed E-state index contributed by atoms with van der Waals surface area (Å²) in [6.07, 6.45) is 8.84. The highest BCUT2D eigenvalue weighted by atomic mass is 16.5. The number of fused-ring (bicyclic) bond motifs is 6. The molecule has 3 N–H and O–H groups in total. The van der Waals surface area contributed by atoms with Gasteiger partial charge in [0.25, 0.3) is 0 Å². The molecule has 0 spiro atoms. The summed E-state index contributed by atoms with van der Waals surface area (Å²) in [6.45, 7) is 10.9. The summed E-state index contributed by atoms with van der Waals surface area (Å²) in [5.74, 6) is 1.53. The highest BCUT2D eigenvalue weighted by Gasteiger charge is 2.28. The van der Waals surface area contributed by atoms with Crippen molar-refractivity contribution in [1.82, 2.24) is 30.2 Å². The Labute approximate surface area is 393 Å².